The van der Waals surface area contributed by atoms with Crippen LogP contribution in [0.4, 0.5) is 11.6 Å². The molecular weight excluding hydrogens is 214 g/mol. The Hall–Kier alpha value is -1.36. The van der Waals surface area contributed by atoms with Gasteiger partial charge in [-0.05, 0) is 13.5 Å². The van der Waals surface area contributed by atoms with Gasteiger partial charge >= 0.3 is 0 Å². The summed E-state index contributed by atoms with van der Waals surface area (Å²) < 4.78 is 0. The predicted octanol–water partition coefficient (Wildman–Crippen LogP) is 1.05. The first-order chi connectivity index (χ1) is 8.24. The van der Waals surface area contributed by atoms with E-state index in [2.05, 4.69) is 39.1 Å². The largest absolute Gasteiger partial charge is 0.372 e. The van der Waals surface area contributed by atoms with Gasteiger partial charge in [0.2, 0.25) is 0 Å². The number of nitrogens with one attached hydrogen (secondary N) is 1. The van der Waals surface area contributed by atoms with Gasteiger partial charge in [0, 0.05) is 32.7 Å². The summed E-state index contributed by atoms with van der Waals surface area (Å²) in [6.45, 7) is 5.38. The summed E-state index contributed by atoms with van der Waals surface area (Å²) in [5.74, 6) is 1.80. The molecule has 1 fully saturated rings. The van der Waals surface area contributed by atoms with Gasteiger partial charge in [0.25, 0.3) is 0 Å². The molecule has 1 N–H and O–H groups in total. The molecule has 1 aliphatic rings. The van der Waals surface area contributed by atoms with Crippen LogP contribution in [0.3, 0.4) is 0 Å². The summed E-state index contributed by atoms with van der Waals surface area (Å²) in [5, 5.41) is 3.03. The molecule has 0 spiro atoms. The van der Waals surface area contributed by atoms with E-state index in [1.807, 2.05) is 13.2 Å². The molecule has 5 nitrogen and oxygen atoms in total. The van der Waals surface area contributed by atoms with Gasteiger partial charge in [-0.2, -0.15) is 0 Å². The minimum atomic E-state index is 0.615. The lowest BCUT2D eigenvalue weighted by Crippen LogP contribution is -2.51. The molecule has 1 saturated heterocycles. The van der Waals surface area contributed by atoms with Gasteiger partial charge in [-0.15, -0.1) is 0 Å². The highest BCUT2D eigenvalue weighted by Gasteiger charge is 2.23. The van der Waals surface area contributed by atoms with Crippen molar-refractivity contribution in [2.45, 2.75) is 19.4 Å². The molecule has 0 amide bonds. The quantitative estimate of drug-likeness (QED) is 0.848. The van der Waals surface area contributed by atoms with Gasteiger partial charge in [0.1, 0.15) is 11.6 Å². The summed E-state index contributed by atoms with van der Waals surface area (Å²) in [6.07, 6.45) is 4.77. The average Bonchev–Trinajstić information content (AvgIpc) is 2.39. The lowest BCUT2D eigenvalue weighted by atomic mass is 10.1. The Morgan fingerprint density at radius 1 is 1.41 bits per heavy atom. The van der Waals surface area contributed by atoms with Gasteiger partial charge < -0.3 is 10.2 Å². The molecule has 5 heteroatoms. The number of hydrogen-bond acceptors (Lipinski definition) is 5. The second-order valence-corrected chi connectivity index (χ2v) is 4.50. The summed E-state index contributed by atoms with van der Waals surface area (Å²) in [6, 6.07) is 0.615. The van der Waals surface area contributed by atoms with Crippen LogP contribution < -0.4 is 10.2 Å². The fourth-order valence-corrected chi connectivity index (χ4v) is 2.22. The molecule has 0 aromatic carbocycles. The van der Waals surface area contributed by atoms with Crippen molar-refractivity contribution in [1.29, 1.82) is 0 Å². The van der Waals surface area contributed by atoms with E-state index in [0.29, 0.717) is 6.04 Å². The highest BCUT2D eigenvalue weighted by atomic mass is 15.3. The standard InChI is InChI=1S/C12H21N5/c1-4-10-9-17(6-5-16(10)3)12-8-14-7-11(13-2)15-12/h7-8,10H,4-6,9H2,1-3H3,(H,13,15). The van der Waals surface area contributed by atoms with Crippen LogP contribution in [0.1, 0.15) is 13.3 Å². The first-order valence-electron chi connectivity index (χ1n) is 6.19. The Morgan fingerprint density at radius 2 is 2.24 bits per heavy atom. The molecule has 17 heavy (non-hydrogen) atoms. The van der Waals surface area contributed by atoms with Crippen molar-refractivity contribution in [1.82, 2.24) is 14.9 Å². The number of aromatic nitrogens is 2. The first-order valence-corrected chi connectivity index (χ1v) is 6.19. The van der Waals surface area contributed by atoms with Crippen molar-refractivity contribution < 1.29 is 0 Å². The van der Waals surface area contributed by atoms with Crippen molar-refractivity contribution in [2.24, 2.45) is 0 Å². The fraction of sp³-hybridized carbons (Fsp3) is 0.667. The van der Waals surface area contributed by atoms with Crippen LogP contribution in [0.25, 0.3) is 0 Å². The van der Waals surface area contributed by atoms with E-state index in [0.717, 1.165) is 31.3 Å². The third-order valence-electron chi connectivity index (χ3n) is 3.45. The predicted molar refractivity (Wildman–Crippen MR) is 70.5 cm³/mol. The van der Waals surface area contributed by atoms with Gasteiger partial charge in [-0.25, -0.2) is 4.98 Å². The summed E-state index contributed by atoms with van der Waals surface area (Å²) in [7, 11) is 4.06. The summed E-state index contributed by atoms with van der Waals surface area (Å²) >= 11 is 0. The average molecular weight is 235 g/mol. The number of rotatable bonds is 3. The Morgan fingerprint density at radius 3 is 2.94 bits per heavy atom. The Kier molecular flexibility index (Phi) is 3.78. The van der Waals surface area contributed by atoms with Crippen molar-refractivity contribution in [3.63, 3.8) is 0 Å². The van der Waals surface area contributed by atoms with Crippen molar-refractivity contribution >= 4 is 11.6 Å². The molecule has 2 rings (SSSR count). The maximum absolute atomic E-state index is 4.54. The van der Waals surface area contributed by atoms with Crippen molar-refractivity contribution in [3.05, 3.63) is 12.4 Å². The number of nitrogens with zero attached hydrogens (tertiary/aromatic N) is 4. The molecule has 0 bridgehead atoms. The molecule has 0 radical (unpaired) electrons. The van der Waals surface area contributed by atoms with Crippen LogP contribution in [0, 0.1) is 0 Å². The highest BCUT2D eigenvalue weighted by molar-refractivity contribution is 5.44. The Labute approximate surface area is 103 Å². The third-order valence-corrected chi connectivity index (χ3v) is 3.45. The summed E-state index contributed by atoms with van der Waals surface area (Å²) in [4.78, 5) is 13.5. The van der Waals surface area contributed by atoms with Crippen LogP contribution in [0.15, 0.2) is 12.4 Å². The lowest BCUT2D eigenvalue weighted by Gasteiger charge is -2.39. The van der Waals surface area contributed by atoms with E-state index < -0.39 is 0 Å². The summed E-state index contributed by atoms with van der Waals surface area (Å²) in [5.41, 5.74) is 0. The van der Waals surface area contributed by atoms with Crippen molar-refractivity contribution in [2.75, 3.05) is 43.9 Å². The second-order valence-electron chi connectivity index (χ2n) is 4.50. The topological polar surface area (TPSA) is 44.3 Å². The molecule has 94 valence electrons. The third kappa shape index (κ3) is 2.66. The fourth-order valence-electron chi connectivity index (χ4n) is 2.22. The number of likely N-dealkylation sites (N-methyl/N-ethyl adjacent to an activating group) is 1. The lowest BCUT2D eigenvalue weighted by molar-refractivity contribution is 0.213. The van der Waals surface area contributed by atoms with Crippen LogP contribution in [0.2, 0.25) is 0 Å². The van der Waals surface area contributed by atoms with Crippen LogP contribution in [0.5, 0.6) is 0 Å². The van der Waals surface area contributed by atoms with E-state index in [1.165, 1.54) is 6.42 Å². The van der Waals surface area contributed by atoms with E-state index in [-0.39, 0.29) is 0 Å². The minimum absolute atomic E-state index is 0.615. The van der Waals surface area contributed by atoms with E-state index >= 15 is 0 Å². The van der Waals surface area contributed by atoms with Gasteiger partial charge in [-0.3, -0.25) is 9.88 Å². The molecule has 1 atom stereocenters. The minimum Gasteiger partial charge on any atom is -0.372 e. The van der Waals surface area contributed by atoms with Crippen LogP contribution in [-0.4, -0.2) is 54.6 Å². The Balaban J connectivity index is 2.11. The SMILES string of the molecule is CCC1CN(c2cncc(NC)n2)CCN1C. The zero-order chi connectivity index (χ0) is 12.3. The molecule has 1 aliphatic heterocycles. The molecule has 0 saturated carbocycles. The molecule has 0 aliphatic carbocycles. The maximum Gasteiger partial charge on any atom is 0.149 e. The van der Waals surface area contributed by atoms with E-state index in [9.17, 15) is 0 Å². The van der Waals surface area contributed by atoms with Gasteiger partial charge in [-0.1, -0.05) is 6.92 Å². The maximum atomic E-state index is 4.54. The number of anilines is 2. The molecular formula is C12H21N5. The first kappa shape index (κ1) is 12.1. The normalized spacial score (nSPS) is 21.6. The zero-order valence-corrected chi connectivity index (χ0v) is 10.8. The number of hydrogen-bond donors (Lipinski definition) is 1. The monoisotopic (exact) mass is 235 g/mol. The molecule has 2 heterocycles. The number of piperazine rings is 1. The zero-order valence-electron chi connectivity index (χ0n) is 10.8. The smallest absolute Gasteiger partial charge is 0.149 e. The van der Waals surface area contributed by atoms with Gasteiger partial charge in [0.05, 0.1) is 12.4 Å². The van der Waals surface area contributed by atoms with Gasteiger partial charge in [0.15, 0.2) is 0 Å². The highest BCUT2D eigenvalue weighted by Crippen LogP contribution is 2.18. The molecule has 1 aromatic rings. The van der Waals surface area contributed by atoms with Crippen LogP contribution in [-0.2, 0) is 0 Å². The van der Waals surface area contributed by atoms with Crippen LogP contribution >= 0.6 is 0 Å². The van der Waals surface area contributed by atoms with Crippen molar-refractivity contribution in [3.8, 4) is 0 Å². The Bertz CT molecular complexity index is 368. The second kappa shape index (κ2) is 5.31. The molecule has 1 aromatic heterocycles. The molecule has 1 unspecified atom stereocenters. The van der Waals surface area contributed by atoms with E-state index in [1.54, 1.807) is 6.20 Å². The van der Waals surface area contributed by atoms with E-state index in [4.69, 9.17) is 0 Å².